The maximum Gasteiger partial charge on any atom is 0.292 e. The zero-order chi connectivity index (χ0) is 17.7. The van der Waals surface area contributed by atoms with Crippen LogP contribution >= 0.6 is 0 Å². The molecule has 0 fully saturated rings. The van der Waals surface area contributed by atoms with Gasteiger partial charge in [0.15, 0.2) is 0 Å². The lowest BCUT2D eigenvalue weighted by Crippen LogP contribution is -2.30. The molecule has 0 saturated heterocycles. The largest absolute Gasteiger partial charge is 0.372 e. The SMILES string of the molecule is Cc1ccc([C@@H]2Nc3c([N+](=O)[O-])cc(C)c(C)c3[C@H]3C=CC[C@H]32)cc1. The van der Waals surface area contributed by atoms with E-state index >= 15 is 0 Å². The molecule has 25 heavy (non-hydrogen) atoms. The van der Waals surface area contributed by atoms with E-state index in [1.165, 1.54) is 11.1 Å². The van der Waals surface area contributed by atoms with E-state index in [9.17, 15) is 10.1 Å². The summed E-state index contributed by atoms with van der Waals surface area (Å²) >= 11 is 0. The number of rotatable bonds is 2. The summed E-state index contributed by atoms with van der Waals surface area (Å²) in [4.78, 5) is 11.4. The van der Waals surface area contributed by atoms with Crippen LogP contribution in [0.4, 0.5) is 11.4 Å². The number of hydrogen-bond acceptors (Lipinski definition) is 3. The second-order valence-electron chi connectivity index (χ2n) is 7.27. The summed E-state index contributed by atoms with van der Waals surface area (Å²) in [5.41, 5.74) is 6.56. The van der Waals surface area contributed by atoms with Crippen molar-refractivity contribution >= 4 is 11.4 Å². The second-order valence-corrected chi connectivity index (χ2v) is 7.27. The zero-order valence-electron chi connectivity index (χ0n) is 14.7. The lowest BCUT2D eigenvalue weighted by molar-refractivity contribution is -0.384. The fourth-order valence-corrected chi connectivity index (χ4v) is 4.33. The molecule has 1 aliphatic heterocycles. The third-order valence-electron chi connectivity index (χ3n) is 5.78. The van der Waals surface area contributed by atoms with Crippen LogP contribution < -0.4 is 5.32 Å². The van der Waals surface area contributed by atoms with Gasteiger partial charge in [0.1, 0.15) is 5.69 Å². The number of fused-ring (bicyclic) bond motifs is 3. The third kappa shape index (κ3) is 2.44. The topological polar surface area (TPSA) is 55.2 Å². The number of nitrogens with one attached hydrogen (secondary N) is 1. The van der Waals surface area contributed by atoms with Gasteiger partial charge in [0.2, 0.25) is 0 Å². The highest BCUT2D eigenvalue weighted by Gasteiger charge is 2.41. The van der Waals surface area contributed by atoms with Crippen molar-refractivity contribution in [1.29, 1.82) is 0 Å². The molecule has 3 atom stereocenters. The van der Waals surface area contributed by atoms with Crippen molar-refractivity contribution in [3.63, 3.8) is 0 Å². The molecule has 0 aromatic heterocycles. The van der Waals surface area contributed by atoms with Gasteiger partial charge in [-0.3, -0.25) is 10.1 Å². The summed E-state index contributed by atoms with van der Waals surface area (Å²) in [6, 6.07) is 10.3. The van der Waals surface area contributed by atoms with Crippen molar-refractivity contribution < 1.29 is 4.92 Å². The molecule has 1 heterocycles. The molecule has 4 nitrogen and oxygen atoms in total. The number of nitrogens with zero attached hydrogens (tertiary/aromatic N) is 1. The number of nitro groups is 1. The van der Waals surface area contributed by atoms with Crippen molar-refractivity contribution in [1.82, 2.24) is 0 Å². The molecule has 0 amide bonds. The fraction of sp³-hybridized carbons (Fsp3) is 0.333. The Hall–Kier alpha value is -2.62. The fourth-order valence-electron chi connectivity index (χ4n) is 4.33. The summed E-state index contributed by atoms with van der Waals surface area (Å²) in [6.07, 6.45) is 5.46. The smallest absolute Gasteiger partial charge is 0.292 e. The molecule has 0 unspecified atom stereocenters. The molecule has 1 aliphatic carbocycles. The van der Waals surface area contributed by atoms with Crippen molar-refractivity contribution in [3.8, 4) is 0 Å². The van der Waals surface area contributed by atoms with Crippen LogP contribution in [0.15, 0.2) is 42.5 Å². The highest BCUT2D eigenvalue weighted by molar-refractivity contribution is 5.74. The van der Waals surface area contributed by atoms with Gasteiger partial charge >= 0.3 is 0 Å². The number of anilines is 1. The minimum Gasteiger partial charge on any atom is -0.372 e. The first-order chi connectivity index (χ1) is 12.0. The second kappa shape index (κ2) is 5.73. The molecular formula is C21H22N2O2. The van der Waals surface area contributed by atoms with Crippen molar-refractivity contribution in [2.45, 2.75) is 39.2 Å². The Balaban J connectivity index is 1.90. The molecule has 1 N–H and O–H groups in total. The first kappa shape index (κ1) is 15.9. The van der Waals surface area contributed by atoms with Gasteiger partial charge in [-0.1, -0.05) is 42.0 Å². The Morgan fingerprint density at radius 3 is 2.56 bits per heavy atom. The highest BCUT2D eigenvalue weighted by atomic mass is 16.6. The van der Waals surface area contributed by atoms with Gasteiger partial charge in [-0.2, -0.15) is 0 Å². The predicted octanol–water partition coefficient (Wildman–Crippen LogP) is 5.35. The van der Waals surface area contributed by atoms with Crippen LogP contribution in [0.1, 0.15) is 46.2 Å². The van der Waals surface area contributed by atoms with Crippen LogP contribution in [-0.2, 0) is 0 Å². The Bertz CT molecular complexity index is 884. The van der Waals surface area contributed by atoms with E-state index in [0.29, 0.717) is 11.6 Å². The Morgan fingerprint density at radius 2 is 1.88 bits per heavy atom. The maximum absolute atomic E-state index is 11.7. The Labute approximate surface area is 147 Å². The van der Waals surface area contributed by atoms with E-state index in [0.717, 1.165) is 23.1 Å². The van der Waals surface area contributed by atoms with Crippen LogP contribution in [0.2, 0.25) is 0 Å². The lowest BCUT2D eigenvalue weighted by atomic mass is 9.74. The molecule has 4 rings (SSSR count). The number of benzene rings is 2. The van der Waals surface area contributed by atoms with Crippen LogP contribution in [0.5, 0.6) is 0 Å². The summed E-state index contributed by atoms with van der Waals surface area (Å²) in [7, 11) is 0. The monoisotopic (exact) mass is 334 g/mol. The molecule has 0 saturated carbocycles. The van der Waals surface area contributed by atoms with Crippen molar-refractivity contribution in [3.05, 3.63) is 80.4 Å². The molecule has 0 spiro atoms. The molecule has 2 aromatic carbocycles. The third-order valence-corrected chi connectivity index (χ3v) is 5.78. The summed E-state index contributed by atoms with van der Waals surface area (Å²) in [5.74, 6) is 0.636. The first-order valence-electron chi connectivity index (χ1n) is 8.75. The zero-order valence-corrected chi connectivity index (χ0v) is 14.7. The predicted molar refractivity (Wildman–Crippen MR) is 100 cm³/mol. The quantitative estimate of drug-likeness (QED) is 0.458. The van der Waals surface area contributed by atoms with Crippen LogP contribution in [0.25, 0.3) is 0 Å². The number of allylic oxidation sites excluding steroid dienone is 2. The van der Waals surface area contributed by atoms with E-state index < -0.39 is 0 Å². The van der Waals surface area contributed by atoms with Gasteiger partial charge in [0.05, 0.1) is 11.0 Å². The minimum atomic E-state index is -0.260. The molecule has 2 aromatic rings. The minimum absolute atomic E-state index is 0.0916. The summed E-state index contributed by atoms with van der Waals surface area (Å²) in [6.45, 7) is 6.11. The average Bonchev–Trinajstić information content (AvgIpc) is 3.07. The lowest BCUT2D eigenvalue weighted by Gasteiger charge is -2.38. The van der Waals surface area contributed by atoms with Crippen LogP contribution in [0.3, 0.4) is 0 Å². The standard InChI is InChI=1S/C21H22N2O2/c1-12-7-9-15(10-8-12)20-17-6-4-5-16(17)19-14(3)13(2)11-18(23(24)25)21(19)22-20/h4-5,7-11,16-17,20,22H,6H2,1-3H3/t16-,17+,20-/m0/s1. The van der Waals surface area contributed by atoms with Gasteiger partial charge in [0, 0.05) is 12.0 Å². The number of nitro benzene ring substituents is 1. The van der Waals surface area contributed by atoms with Crippen molar-refractivity contribution in [2.24, 2.45) is 5.92 Å². The molecule has 0 bridgehead atoms. The number of hydrogen-bond donors (Lipinski definition) is 1. The molecule has 2 aliphatic rings. The molecular weight excluding hydrogens is 312 g/mol. The van der Waals surface area contributed by atoms with E-state index in [1.807, 2.05) is 6.92 Å². The Morgan fingerprint density at radius 1 is 1.16 bits per heavy atom. The molecule has 0 radical (unpaired) electrons. The van der Waals surface area contributed by atoms with E-state index in [1.54, 1.807) is 6.07 Å². The summed E-state index contributed by atoms with van der Waals surface area (Å²) < 4.78 is 0. The van der Waals surface area contributed by atoms with E-state index in [4.69, 9.17) is 0 Å². The Kier molecular flexibility index (Phi) is 3.64. The van der Waals surface area contributed by atoms with Crippen LogP contribution in [-0.4, -0.2) is 4.92 Å². The molecule has 128 valence electrons. The first-order valence-corrected chi connectivity index (χ1v) is 8.75. The van der Waals surface area contributed by atoms with Crippen molar-refractivity contribution in [2.75, 3.05) is 5.32 Å². The normalized spacial score (nSPS) is 23.7. The summed E-state index contributed by atoms with van der Waals surface area (Å²) in [5, 5.41) is 15.2. The van der Waals surface area contributed by atoms with Gasteiger partial charge in [0.25, 0.3) is 5.69 Å². The van der Waals surface area contributed by atoms with E-state index in [2.05, 4.69) is 55.6 Å². The van der Waals surface area contributed by atoms with Gasteiger partial charge in [-0.15, -0.1) is 0 Å². The molecule has 4 heteroatoms. The number of aryl methyl sites for hydroxylation is 2. The van der Waals surface area contributed by atoms with Crippen LogP contribution in [0, 0.1) is 36.8 Å². The van der Waals surface area contributed by atoms with E-state index in [-0.39, 0.29) is 22.6 Å². The van der Waals surface area contributed by atoms with Gasteiger partial charge in [-0.25, -0.2) is 0 Å². The highest BCUT2D eigenvalue weighted by Crippen LogP contribution is 2.53. The average molecular weight is 334 g/mol. The van der Waals surface area contributed by atoms with Gasteiger partial charge < -0.3 is 5.32 Å². The maximum atomic E-state index is 11.7. The van der Waals surface area contributed by atoms with Gasteiger partial charge in [-0.05, 0) is 55.4 Å².